The monoisotopic (exact) mass is 558 g/mol. The van der Waals surface area contributed by atoms with E-state index in [0.717, 1.165) is 30.6 Å². The number of hydrogen-bond donors (Lipinski definition) is 0. The van der Waals surface area contributed by atoms with Crippen molar-refractivity contribution in [3.8, 4) is 5.75 Å². The molecule has 1 aliphatic carbocycles. The van der Waals surface area contributed by atoms with Crippen molar-refractivity contribution >= 4 is 23.7 Å². The summed E-state index contributed by atoms with van der Waals surface area (Å²) in [5.41, 5.74) is 0.149. The van der Waals surface area contributed by atoms with Crippen LogP contribution in [0.4, 0.5) is 31.1 Å². The molecule has 2 aliphatic rings. The molecule has 1 saturated heterocycles. The molecule has 1 amide bonds. The maximum Gasteiger partial charge on any atom is 0.434 e. The Kier molecular flexibility index (Phi) is 8.94. The van der Waals surface area contributed by atoms with Gasteiger partial charge in [-0.15, -0.1) is 0 Å². The van der Waals surface area contributed by atoms with E-state index in [9.17, 15) is 35.9 Å². The molecule has 0 aromatic heterocycles. The number of esters is 1. The highest BCUT2D eigenvalue weighted by molar-refractivity contribution is 6.30. The van der Waals surface area contributed by atoms with Crippen LogP contribution in [0.15, 0.2) is 18.2 Å². The number of amides is 1. The quantitative estimate of drug-likeness (QED) is 0.231. The second kappa shape index (κ2) is 11.3. The minimum absolute atomic E-state index is 0.0910. The summed E-state index contributed by atoms with van der Waals surface area (Å²) in [7, 11) is 1.80. The number of ether oxygens (including phenoxy) is 2. The zero-order valence-corrected chi connectivity index (χ0v) is 21.2. The van der Waals surface area contributed by atoms with Gasteiger partial charge in [-0.05, 0) is 51.8 Å². The first-order valence-corrected chi connectivity index (χ1v) is 12.3. The van der Waals surface area contributed by atoms with Crippen LogP contribution in [0.2, 0.25) is 5.02 Å². The van der Waals surface area contributed by atoms with E-state index in [1.807, 2.05) is 11.8 Å². The molecule has 208 valence electrons. The fourth-order valence-corrected chi connectivity index (χ4v) is 4.76. The molecule has 3 rings (SSSR count). The molecular formula is C24H29ClF6N2O4. The lowest BCUT2D eigenvalue weighted by molar-refractivity contribution is -0.308. The molecule has 2 fully saturated rings. The van der Waals surface area contributed by atoms with Crippen LogP contribution in [0.1, 0.15) is 51.0 Å². The average molecular weight is 559 g/mol. The smallest absolute Gasteiger partial charge is 0.426 e. The van der Waals surface area contributed by atoms with E-state index < -0.39 is 30.1 Å². The van der Waals surface area contributed by atoms with Crippen LogP contribution in [0.3, 0.4) is 0 Å². The number of hydrogen-bond acceptors (Lipinski definition) is 5. The highest BCUT2D eigenvalue weighted by Crippen LogP contribution is 2.37. The van der Waals surface area contributed by atoms with Gasteiger partial charge in [0.05, 0.1) is 5.92 Å². The van der Waals surface area contributed by atoms with Gasteiger partial charge in [-0.3, -0.25) is 9.69 Å². The molecule has 1 heterocycles. The Morgan fingerprint density at radius 1 is 1.11 bits per heavy atom. The highest BCUT2D eigenvalue weighted by atomic mass is 35.5. The largest absolute Gasteiger partial charge is 0.434 e. The van der Waals surface area contributed by atoms with E-state index in [1.54, 1.807) is 25.2 Å². The molecule has 0 radical (unpaired) electrons. The molecule has 1 aromatic rings. The summed E-state index contributed by atoms with van der Waals surface area (Å²) in [5, 5.41) is 0.398. The Labute approximate surface area is 215 Å². The molecule has 13 heteroatoms. The van der Waals surface area contributed by atoms with Gasteiger partial charge in [-0.2, -0.15) is 26.3 Å². The predicted octanol–water partition coefficient (Wildman–Crippen LogP) is 6.35. The predicted molar refractivity (Wildman–Crippen MR) is 122 cm³/mol. The second-order valence-corrected chi connectivity index (χ2v) is 10.3. The molecule has 0 unspecified atom stereocenters. The summed E-state index contributed by atoms with van der Waals surface area (Å²) >= 11 is 6.12. The molecule has 1 aromatic carbocycles. The van der Waals surface area contributed by atoms with Gasteiger partial charge < -0.3 is 14.4 Å². The van der Waals surface area contributed by atoms with Crippen molar-refractivity contribution in [1.82, 2.24) is 9.80 Å². The molecule has 1 aliphatic heterocycles. The molecule has 0 bridgehead atoms. The van der Waals surface area contributed by atoms with E-state index in [-0.39, 0.29) is 37.8 Å². The molecule has 6 nitrogen and oxygen atoms in total. The Morgan fingerprint density at radius 2 is 1.68 bits per heavy atom. The first kappa shape index (κ1) is 29.3. The Hall–Kier alpha value is -2.21. The number of halogens is 7. The van der Waals surface area contributed by atoms with Crippen molar-refractivity contribution in [3.05, 3.63) is 28.8 Å². The van der Waals surface area contributed by atoms with Gasteiger partial charge in [-0.1, -0.05) is 30.5 Å². The zero-order valence-electron chi connectivity index (χ0n) is 20.4. The molecule has 0 atom stereocenters. The Balaban J connectivity index is 1.63. The Morgan fingerprint density at radius 3 is 2.22 bits per heavy atom. The van der Waals surface area contributed by atoms with Crippen molar-refractivity contribution < 1.29 is 45.4 Å². The van der Waals surface area contributed by atoms with Crippen LogP contribution >= 0.6 is 11.6 Å². The minimum atomic E-state index is -5.77. The van der Waals surface area contributed by atoms with Crippen molar-refractivity contribution in [2.24, 2.45) is 5.92 Å². The number of nitrogens with zero attached hydrogens (tertiary/aromatic N) is 2. The van der Waals surface area contributed by atoms with Crippen LogP contribution in [0.25, 0.3) is 0 Å². The van der Waals surface area contributed by atoms with Crippen LogP contribution in [0.5, 0.6) is 5.75 Å². The van der Waals surface area contributed by atoms with E-state index >= 15 is 0 Å². The lowest BCUT2D eigenvalue weighted by Gasteiger charge is -2.45. The molecule has 1 saturated carbocycles. The maximum atomic E-state index is 12.7. The third-order valence-electron chi connectivity index (χ3n) is 7.17. The van der Waals surface area contributed by atoms with Gasteiger partial charge >= 0.3 is 24.4 Å². The molecule has 0 spiro atoms. The molecule has 37 heavy (non-hydrogen) atoms. The SMILES string of the molecule is CN(Cc1ccc(Cl)cc1OC(=O)C1CCCC1)C1(C)CCN(C(=O)OC(C(F)(F)F)C(F)(F)F)CC1. The van der Waals surface area contributed by atoms with Crippen molar-refractivity contribution in [3.63, 3.8) is 0 Å². The van der Waals surface area contributed by atoms with Crippen LogP contribution < -0.4 is 4.74 Å². The highest BCUT2D eigenvalue weighted by Gasteiger charge is 2.60. The summed E-state index contributed by atoms with van der Waals surface area (Å²) in [6.07, 6.45) is -13.3. The average Bonchev–Trinajstić information content (AvgIpc) is 3.33. The normalized spacial score (nSPS) is 18.9. The third-order valence-corrected chi connectivity index (χ3v) is 7.40. The number of carbonyl (C=O) groups excluding carboxylic acids is 2. The van der Waals surface area contributed by atoms with Gasteiger partial charge in [0, 0.05) is 35.8 Å². The first-order chi connectivity index (χ1) is 17.1. The van der Waals surface area contributed by atoms with Gasteiger partial charge in [0.15, 0.2) is 0 Å². The number of likely N-dealkylation sites (tertiary alicyclic amines) is 1. The van der Waals surface area contributed by atoms with E-state index in [0.29, 0.717) is 22.9 Å². The summed E-state index contributed by atoms with van der Waals surface area (Å²) < 4.78 is 85.9. The van der Waals surface area contributed by atoms with Crippen molar-refractivity contribution in [2.75, 3.05) is 20.1 Å². The number of piperidine rings is 1. The van der Waals surface area contributed by atoms with Gasteiger partial charge in [0.1, 0.15) is 5.75 Å². The molecule has 0 N–H and O–H groups in total. The number of rotatable bonds is 6. The van der Waals surface area contributed by atoms with E-state index in [2.05, 4.69) is 4.74 Å². The minimum Gasteiger partial charge on any atom is -0.426 e. The van der Waals surface area contributed by atoms with Gasteiger partial charge in [0.2, 0.25) is 0 Å². The van der Waals surface area contributed by atoms with Gasteiger partial charge in [-0.25, -0.2) is 4.79 Å². The van der Waals surface area contributed by atoms with Crippen LogP contribution in [0, 0.1) is 5.92 Å². The number of alkyl halides is 6. The lowest BCUT2D eigenvalue weighted by atomic mass is 9.87. The van der Waals surface area contributed by atoms with Crippen LogP contribution in [-0.2, 0) is 16.1 Å². The third kappa shape index (κ3) is 7.43. The molecular weight excluding hydrogens is 530 g/mol. The number of carbonyl (C=O) groups is 2. The van der Waals surface area contributed by atoms with Gasteiger partial charge in [0.25, 0.3) is 6.10 Å². The van der Waals surface area contributed by atoms with E-state index in [4.69, 9.17) is 16.3 Å². The van der Waals surface area contributed by atoms with Crippen molar-refractivity contribution in [1.29, 1.82) is 0 Å². The van der Waals surface area contributed by atoms with Crippen LogP contribution in [-0.4, -0.2) is 66.0 Å². The zero-order chi connectivity index (χ0) is 27.6. The van der Waals surface area contributed by atoms with Crippen molar-refractivity contribution in [2.45, 2.75) is 76.0 Å². The Bertz CT molecular complexity index is 959. The number of benzene rings is 1. The lowest BCUT2D eigenvalue weighted by Crippen LogP contribution is -2.54. The van der Waals surface area contributed by atoms with E-state index in [1.165, 1.54) is 0 Å². The standard InChI is InChI=1S/C24H29ClF6N2O4/c1-22(9-11-33(12-10-22)21(35)37-20(23(26,27)28)24(29,30)31)32(2)14-16-7-8-17(25)13-18(16)36-19(34)15-5-3-4-6-15/h7-8,13,15,20H,3-6,9-12,14H2,1-2H3. The summed E-state index contributed by atoms with van der Waals surface area (Å²) in [5.74, 6) is -0.121. The second-order valence-electron chi connectivity index (χ2n) is 9.84. The fraction of sp³-hybridized carbons (Fsp3) is 0.667. The summed E-state index contributed by atoms with van der Waals surface area (Å²) in [6.45, 7) is 2.03. The fourth-order valence-electron chi connectivity index (χ4n) is 4.60. The summed E-state index contributed by atoms with van der Waals surface area (Å²) in [4.78, 5) is 27.4. The first-order valence-electron chi connectivity index (χ1n) is 11.9. The summed E-state index contributed by atoms with van der Waals surface area (Å²) in [6, 6.07) is 4.97. The topological polar surface area (TPSA) is 59.1 Å². The maximum absolute atomic E-state index is 12.7.